The molecule has 1 aromatic carbocycles. The molecule has 2 aromatic rings. The molecule has 0 aliphatic carbocycles. The van der Waals surface area contributed by atoms with Crippen LogP contribution in [0.4, 0.5) is 0 Å². The number of furan rings is 1. The van der Waals surface area contributed by atoms with Gasteiger partial charge in [-0.15, -0.1) is 0 Å². The molecule has 1 atom stereocenters. The third kappa shape index (κ3) is 2.90. The summed E-state index contributed by atoms with van der Waals surface area (Å²) in [5.41, 5.74) is 10.2. The third-order valence-corrected chi connectivity index (χ3v) is 3.67. The van der Waals surface area contributed by atoms with E-state index in [9.17, 15) is 0 Å². The molecule has 0 spiro atoms. The Morgan fingerprint density at radius 2 is 1.79 bits per heavy atom. The van der Waals surface area contributed by atoms with Gasteiger partial charge in [0.1, 0.15) is 11.5 Å². The molecule has 1 aromatic heterocycles. The first-order valence-corrected chi connectivity index (χ1v) is 7.15. The minimum Gasteiger partial charge on any atom is -0.464 e. The van der Waals surface area contributed by atoms with Crippen LogP contribution >= 0.6 is 0 Å². The standard InChI is InChI=1S/C17H23NO/c1-4-12-7-8-13(5-2)15(11-12)17(18)16-10-9-14(6-3)19-16/h7-11,17H,4-6,18H2,1-3H3. The van der Waals surface area contributed by atoms with Gasteiger partial charge < -0.3 is 10.2 Å². The first kappa shape index (κ1) is 13.9. The second-order valence-corrected chi connectivity index (χ2v) is 4.88. The summed E-state index contributed by atoms with van der Waals surface area (Å²) in [4.78, 5) is 0. The fourth-order valence-electron chi connectivity index (χ4n) is 2.38. The monoisotopic (exact) mass is 257 g/mol. The highest BCUT2D eigenvalue weighted by atomic mass is 16.3. The van der Waals surface area contributed by atoms with Crippen LogP contribution in [0, 0.1) is 0 Å². The lowest BCUT2D eigenvalue weighted by Gasteiger charge is -2.15. The number of hydrogen-bond acceptors (Lipinski definition) is 2. The number of hydrogen-bond donors (Lipinski definition) is 1. The van der Waals surface area contributed by atoms with E-state index in [1.807, 2.05) is 12.1 Å². The Morgan fingerprint density at radius 3 is 2.37 bits per heavy atom. The van der Waals surface area contributed by atoms with Gasteiger partial charge >= 0.3 is 0 Å². The lowest BCUT2D eigenvalue weighted by molar-refractivity contribution is 0.453. The number of nitrogens with two attached hydrogens (primary N) is 1. The van der Waals surface area contributed by atoms with Gasteiger partial charge in [0, 0.05) is 6.42 Å². The maximum Gasteiger partial charge on any atom is 0.125 e. The van der Waals surface area contributed by atoms with E-state index in [2.05, 4.69) is 39.0 Å². The molecular formula is C17H23NO. The average molecular weight is 257 g/mol. The summed E-state index contributed by atoms with van der Waals surface area (Å²) in [6.45, 7) is 6.42. The minimum atomic E-state index is -0.165. The van der Waals surface area contributed by atoms with Crippen molar-refractivity contribution in [3.05, 3.63) is 58.5 Å². The molecule has 19 heavy (non-hydrogen) atoms. The van der Waals surface area contributed by atoms with Crippen LogP contribution in [0.3, 0.4) is 0 Å². The van der Waals surface area contributed by atoms with Crippen LogP contribution in [0.2, 0.25) is 0 Å². The minimum absolute atomic E-state index is 0.165. The summed E-state index contributed by atoms with van der Waals surface area (Å²) in [7, 11) is 0. The smallest absolute Gasteiger partial charge is 0.125 e. The van der Waals surface area contributed by atoms with E-state index in [4.69, 9.17) is 10.2 Å². The average Bonchev–Trinajstić information content (AvgIpc) is 2.94. The van der Waals surface area contributed by atoms with E-state index >= 15 is 0 Å². The topological polar surface area (TPSA) is 39.2 Å². The first-order valence-electron chi connectivity index (χ1n) is 7.15. The van der Waals surface area contributed by atoms with Crippen molar-refractivity contribution in [3.63, 3.8) is 0 Å². The largest absolute Gasteiger partial charge is 0.464 e. The van der Waals surface area contributed by atoms with E-state index in [0.717, 1.165) is 30.8 Å². The van der Waals surface area contributed by atoms with Crippen molar-refractivity contribution in [2.24, 2.45) is 5.73 Å². The molecule has 0 bridgehead atoms. The highest BCUT2D eigenvalue weighted by Crippen LogP contribution is 2.26. The summed E-state index contributed by atoms with van der Waals surface area (Å²) >= 11 is 0. The predicted octanol–water partition coefficient (Wildman–Crippen LogP) is 4.01. The van der Waals surface area contributed by atoms with Crippen molar-refractivity contribution < 1.29 is 4.42 Å². The number of rotatable bonds is 5. The van der Waals surface area contributed by atoms with Gasteiger partial charge in [0.15, 0.2) is 0 Å². The molecule has 0 aliphatic heterocycles. The molecule has 2 heteroatoms. The van der Waals surface area contributed by atoms with Crippen molar-refractivity contribution in [3.8, 4) is 0 Å². The van der Waals surface area contributed by atoms with Crippen LogP contribution in [0.5, 0.6) is 0 Å². The number of aryl methyl sites for hydroxylation is 3. The Bertz CT molecular complexity index is 542. The second-order valence-electron chi connectivity index (χ2n) is 4.88. The summed E-state index contributed by atoms with van der Waals surface area (Å²) in [6, 6.07) is 10.5. The highest BCUT2D eigenvalue weighted by molar-refractivity contribution is 5.38. The summed E-state index contributed by atoms with van der Waals surface area (Å²) in [6.07, 6.45) is 2.93. The molecule has 2 rings (SSSR count). The Labute approximate surface area is 115 Å². The van der Waals surface area contributed by atoms with E-state index in [-0.39, 0.29) is 6.04 Å². The van der Waals surface area contributed by atoms with Crippen LogP contribution < -0.4 is 5.73 Å². The highest BCUT2D eigenvalue weighted by Gasteiger charge is 2.16. The van der Waals surface area contributed by atoms with E-state index < -0.39 is 0 Å². The Balaban J connectivity index is 2.38. The molecule has 1 unspecified atom stereocenters. The van der Waals surface area contributed by atoms with Gasteiger partial charge in [-0.3, -0.25) is 0 Å². The van der Waals surface area contributed by atoms with Gasteiger partial charge in [0.2, 0.25) is 0 Å². The first-order chi connectivity index (χ1) is 9.19. The number of benzene rings is 1. The van der Waals surface area contributed by atoms with Gasteiger partial charge in [-0.2, -0.15) is 0 Å². The molecule has 2 N–H and O–H groups in total. The lowest BCUT2D eigenvalue weighted by atomic mass is 9.94. The predicted molar refractivity (Wildman–Crippen MR) is 79.3 cm³/mol. The van der Waals surface area contributed by atoms with Gasteiger partial charge in [0.25, 0.3) is 0 Å². The summed E-state index contributed by atoms with van der Waals surface area (Å²) in [5, 5.41) is 0. The zero-order chi connectivity index (χ0) is 13.8. The zero-order valence-electron chi connectivity index (χ0n) is 12.1. The molecule has 0 fully saturated rings. The lowest BCUT2D eigenvalue weighted by Crippen LogP contribution is -2.13. The van der Waals surface area contributed by atoms with Crippen molar-refractivity contribution in [2.45, 2.75) is 46.1 Å². The second kappa shape index (κ2) is 6.07. The van der Waals surface area contributed by atoms with Gasteiger partial charge in [0.05, 0.1) is 6.04 Å². The summed E-state index contributed by atoms with van der Waals surface area (Å²) < 4.78 is 5.80. The summed E-state index contributed by atoms with van der Waals surface area (Å²) in [5.74, 6) is 1.86. The molecule has 2 nitrogen and oxygen atoms in total. The molecule has 1 heterocycles. The molecule has 102 valence electrons. The van der Waals surface area contributed by atoms with E-state index in [1.165, 1.54) is 16.7 Å². The maximum atomic E-state index is 6.39. The van der Waals surface area contributed by atoms with Crippen molar-refractivity contribution in [1.29, 1.82) is 0 Å². The van der Waals surface area contributed by atoms with Gasteiger partial charge in [-0.05, 0) is 41.7 Å². The van der Waals surface area contributed by atoms with E-state index in [0.29, 0.717) is 0 Å². The fourth-order valence-corrected chi connectivity index (χ4v) is 2.38. The fraction of sp³-hybridized carbons (Fsp3) is 0.412. The molecule has 0 amide bonds. The van der Waals surface area contributed by atoms with Crippen LogP contribution in [0.1, 0.15) is 55.0 Å². The normalized spacial score (nSPS) is 12.6. The SMILES string of the molecule is CCc1ccc(CC)c(C(N)c2ccc(CC)o2)c1. The maximum absolute atomic E-state index is 6.39. The zero-order valence-corrected chi connectivity index (χ0v) is 12.1. The third-order valence-electron chi connectivity index (χ3n) is 3.67. The Hall–Kier alpha value is -1.54. The molecule has 0 radical (unpaired) electrons. The van der Waals surface area contributed by atoms with E-state index in [1.54, 1.807) is 0 Å². The van der Waals surface area contributed by atoms with Crippen molar-refractivity contribution in [2.75, 3.05) is 0 Å². The van der Waals surface area contributed by atoms with Crippen LogP contribution in [-0.2, 0) is 19.3 Å². The Kier molecular flexibility index (Phi) is 4.43. The molecular weight excluding hydrogens is 234 g/mol. The quantitative estimate of drug-likeness (QED) is 0.878. The Morgan fingerprint density at radius 1 is 1.00 bits per heavy atom. The van der Waals surface area contributed by atoms with Gasteiger partial charge in [-0.25, -0.2) is 0 Å². The molecule has 0 aliphatic rings. The van der Waals surface area contributed by atoms with Crippen LogP contribution in [-0.4, -0.2) is 0 Å². The van der Waals surface area contributed by atoms with Gasteiger partial charge in [-0.1, -0.05) is 39.0 Å². The molecule has 0 saturated heterocycles. The van der Waals surface area contributed by atoms with Crippen molar-refractivity contribution >= 4 is 0 Å². The van der Waals surface area contributed by atoms with Crippen LogP contribution in [0.15, 0.2) is 34.7 Å². The molecule has 0 saturated carbocycles. The van der Waals surface area contributed by atoms with Crippen LogP contribution in [0.25, 0.3) is 0 Å². The van der Waals surface area contributed by atoms with Crippen molar-refractivity contribution in [1.82, 2.24) is 0 Å².